The SMILES string of the molecule is CC(CCc1ccccc1)NC(=O)C1NCCC1C. The number of hydrogen-bond acceptors (Lipinski definition) is 2. The Morgan fingerprint density at radius 1 is 1.42 bits per heavy atom. The Kier molecular flexibility index (Phi) is 4.97. The second-order valence-corrected chi connectivity index (χ2v) is 5.63. The second kappa shape index (κ2) is 6.71. The van der Waals surface area contributed by atoms with Gasteiger partial charge in [0.15, 0.2) is 0 Å². The quantitative estimate of drug-likeness (QED) is 0.851. The summed E-state index contributed by atoms with van der Waals surface area (Å²) >= 11 is 0. The normalized spacial score (nSPS) is 24.1. The maximum absolute atomic E-state index is 12.1. The van der Waals surface area contributed by atoms with E-state index in [2.05, 4.69) is 48.7 Å². The number of amides is 1. The lowest BCUT2D eigenvalue weighted by molar-refractivity contribution is -0.124. The minimum atomic E-state index is -0.000764. The highest BCUT2D eigenvalue weighted by Crippen LogP contribution is 2.14. The molecule has 19 heavy (non-hydrogen) atoms. The van der Waals surface area contributed by atoms with Gasteiger partial charge in [-0.05, 0) is 44.2 Å². The fraction of sp³-hybridized carbons (Fsp3) is 0.562. The molecular weight excluding hydrogens is 236 g/mol. The molecule has 1 aromatic carbocycles. The van der Waals surface area contributed by atoms with Crippen molar-refractivity contribution < 1.29 is 4.79 Å². The Bertz CT molecular complexity index is 404. The van der Waals surface area contributed by atoms with Crippen molar-refractivity contribution in [1.29, 1.82) is 0 Å². The van der Waals surface area contributed by atoms with Gasteiger partial charge in [0, 0.05) is 6.04 Å². The van der Waals surface area contributed by atoms with Crippen LogP contribution in [-0.4, -0.2) is 24.5 Å². The first-order valence-corrected chi connectivity index (χ1v) is 7.24. The van der Waals surface area contributed by atoms with E-state index in [4.69, 9.17) is 0 Å². The minimum Gasteiger partial charge on any atom is -0.352 e. The summed E-state index contributed by atoms with van der Waals surface area (Å²) in [6.07, 6.45) is 3.09. The predicted molar refractivity (Wildman–Crippen MR) is 77.9 cm³/mol. The van der Waals surface area contributed by atoms with Crippen LogP contribution >= 0.6 is 0 Å². The Morgan fingerprint density at radius 2 is 2.16 bits per heavy atom. The number of carbonyl (C=O) groups is 1. The monoisotopic (exact) mass is 260 g/mol. The van der Waals surface area contributed by atoms with Gasteiger partial charge in [-0.15, -0.1) is 0 Å². The zero-order chi connectivity index (χ0) is 13.7. The molecule has 0 bridgehead atoms. The summed E-state index contributed by atoms with van der Waals surface area (Å²) < 4.78 is 0. The molecule has 3 atom stereocenters. The molecule has 2 rings (SSSR count). The number of benzene rings is 1. The topological polar surface area (TPSA) is 41.1 Å². The van der Waals surface area contributed by atoms with Crippen LogP contribution in [0.4, 0.5) is 0 Å². The summed E-state index contributed by atoms with van der Waals surface area (Å²) in [6, 6.07) is 10.6. The fourth-order valence-corrected chi connectivity index (χ4v) is 2.62. The van der Waals surface area contributed by atoms with Crippen LogP contribution in [0.25, 0.3) is 0 Å². The highest BCUT2D eigenvalue weighted by molar-refractivity contribution is 5.82. The van der Waals surface area contributed by atoms with Crippen LogP contribution in [0.3, 0.4) is 0 Å². The number of carbonyl (C=O) groups excluding carboxylic acids is 1. The van der Waals surface area contributed by atoms with E-state index >= 15 is 0 Å². The van der Waals surface area contributed by atoms with E-state index in [1.807, 2.05) is 6.07 Å². The largest absolute Gasteiger partial charge is 0.352 e. The van der Waals surface area contributed by atoms with Gasteiger partial charge in [-0.3, -0.25) is 4.79 Å². The molecule has 1 saturated heterocycles. The highest BCUT2D eigenvalue weighted by Gasteiger charge is 2.29. The van der Waals surface area contributed by atoms with E-state index in [0.717, 1.165) is 25.8 Å². The van der Waals surface area contributed by atoms with Crippen LogP contribution in [0.1, 0.15) is 32.3 Å². The summed E-state index contributed by atoms with van der Waals surface area (Å²) in [5.41, 5.74) is 1.33. The fourth-order valence-electron chi connectivity index (χ4n) is 2.62. The molecule has 3 heteroatoms. The van der Waals surface area contributed by atoms with Crippen LogP contribution in [0, 0.1) is 5.92 Å². The van der Waals surface area contributed by atoms with Gasteiger partial charge in [-0.25, -0.2) is 0 Å². The third-order valence-electron chi connectivity index (χ3n) is 3.91. The van der Waals surface area contributed by atoms with Crippen LogP contribution in [0.15, 0.2) is 30.3 Å². The molecule has 0 aromatic heterocycles. The number of rotatable bonds is 5. The van der Waals surface area contributed by atoms with Crippen LogP contribution in [0.2, 0.25) is 0 Å². The molecule has 0 aliphatic carbocycles. The van der Waals surface area contributed by atoms with E-state index in [9.17, 15) is 4.79 Å². The lowest BCUT2D eigenvalue weighted by atomic mass is 10.0. The molecule has 0 radical (unpaired) electrons. The zero-order valence-corrected chi connectivity index (χ0v) is 11.9. The molecule has 3 unspecified atom stereocenters. The molecule has 1 aliphatic heterocycles. The maximum Gasteiger partial charge on any atom is 0.237 e. The summed E-state index contributed by atoms with van der Waals surface area (Å²) in [5.74, 6) is 0.604. The van der Waals surface area contributed by atoms with Crippen molar-refractivity contribution >= 4 is 5.91 Å². The van der Waals surface area contributed by atoms with Gasteiger partial charge in [-0.2, -0.15) is 0 Å². The first kappa shape index (κ1) is 14.1. The third-order valence-corrected chi connectivity index (χ3v) is 3.91. The van der Waals surface area contributed by atoms with Crippen molar-refractivity contribution in [2.24, 2.45) is 5.92 Å². The number of nitrogens with one attached hydrogen (secondary N) is 2. The lowest BCUT2D eigenvalue weighted by Crippen LogP contribution is -2.46. The van der Waals surface area contributed by atoms with Gasteiger partial charge in [0.05, 0.1) is 6.04 Å². The van der Waals surface area contributed by atoms with E-state index in [-0.39, 0.29) is 18.0 Å². The molecule has 1 fully saturated rings. The molecule has 2 N–H and O–H groups in total. The Morgan fingerprint density at radius 3 is 2.79 bits per heavy atom. The van der Waals surface area contributed by atoms with Crippen molar-refractivity contribution in [3.8, 4) is 0 Å². The van der Waals surface area contributed by atoms with Gasteiger partial charge in [0.1, 0.15) is 0 Å². The minimum absolute atomic E-state index is 0.000764. The van der Waals surface area contributed by atoms with Crippen molar-refractivity contribution in [3.63, 3.8) is 0 Å². The van der Waals surface area contributed by atoms with Gasteiger partial charge in [-0.1, -0.05) is 37.3 Å². The van der Waals surface area contributed by atoms with Crippen molar-refractivity contribution in [2.45, 2.75) is 45.2 Å². The van der Waals surface area contributed by atoms with Crippen LogP contribution in [0.5, 0.6) is 0 Å². The Hall–Kier alpha value is -1.35. The first-order chi connectivity index (χ1) is 9.16. The van der Waals surface area contributed by atoms with Crippen LogP contribution in [-0.2, 0) is 11.2 Å². The molecule has 0 saturated carbocycles. The first-order valence-electron chi connectivity index (χ1n) is 7.24. The molecule has 1 aromatic rings. The molecule has 1 amide bonds. The maximum atomic E-state index is 12.1. The smallest absolute Gasteiger partial charge is 0.237 e. The van der Waals surface area contributed by atoms with E-state index in [1.54, 1.807) is 0 Å². The predicted octanol–water partition coefficient (Wildman–Crippen LogP) is 2.12. The summed E-state index contributed by atoms with van der Waals surface area (Å²) in [6.45, 7) is 5.18. The Labute approximate surface area is 115 Å². The molecule has 104 valence electrons. The number of hydrogen-bond donors (Lipinski definition) is 2. The summed E-state index contributed by atoms with van der Waals surface area (Å²) in [5, 5.41) is 6.39. The van der Waals surface area contributed by atoms with Crippen LogP contribution < -0.4 is 10.6 Å². The second-order valence-electron chi connectivity index (χ2n) is 5.63. The van der Waals surface area contributed by atoms with E-state index in [0.29, 0.717) is 5.92 Å². The summed E-state index contributed by atoms with van der Waals surface area (Å²) in [7, 11) is 0. The lowest BCUT2D eigenvalue weighted by Gasteiger charge is -2.19. The van der Waals surface area contributed by atoms with Gasteiger partial charge < -0.3 is 10.6 Å². The average molecular weight is 260 g/mol. The van der Waals surface area contributed by atoms with Crippen molar-refractivity contribution in [1.82, 2.24) is 10.6 Å². The standard InChI is InChI=1S/C16H24N2O/c1-12-10-11-17-15(12)16(19)18-13(2)8-9-14-6-4-3-5-7-14/h3-7,12-13,15,17H,8-11H2,1-2H3,(H,18,19). The number of aryl methyl sites for hydroxylation is 1. The molecule has 1 heterocycles. The van der Waals surface area contributed by atoms with E-state index < -0.39 is 0 Å². The summed E-state index contributed by atoms with van der Waals surface area (Å²) in [4.78, 5) is 12.1. The van der Waals surface area contributed by atoms with Crippen molar-refractivity contribution in [3.05, 3.63) is 35.9 Å². The van der Waals surface area contributed by atoms with Gasteiger partial charge in [0.2, 0.25) is 5.91 Å². The third kappa shape index (κ3) is 4.06. The van der Waals surface area contributed by atoms with Gasteiger partial charge in [0.25, 0.3) is 0 Å². The van der Waals surface area contributed by atoms with Gasteiger partial charge >= 0.3 is 0 Å². The Balaban J connectivity index is 1.75. The molecule has 3 nitrogen and oxygen atoms in total. The van der Waals surface area contributed by atoms with E-state index in [1.165, 1.54) is 5.56 Å². The van der Waals surface area contributed by atoms with Crippen molar-refractivity contribution in [2.75, 3.05) is 6.54 Å². The zero-order valence-electron chi connectivity index (χ0n) is 11.9. The highest BCUT2D eigenvalue weighted by atomic mass is 16.2. The molecule has 0 spiro atoms. The molecular formula is C16H24N2O. The average Bonchev–Trinajstić information content (AvgIpc) is 2.84. The molecule has 1 aliphatic rings.